The normalized spacial score (nSPS) is 21.4. The van der Waals surface area contributed by atoms with E-state index in [2.05, 4.69) is 333 Å². The second kappa shape index (κ2) is 82.3. The van der Waals surface area contributed by atoms with E-state index in [-0.39, 0.29) is 16.6 Å². The molecule has 0 aromatic carbocycles. The molecule has 3 unspecified atom stereocenters. The van der Waals surface area contributed by atoms with Crippen LogP contribution in [0.1, 0.15) is 255 Å². The third-order valence-corrected chi connectivity index (χ3v) is 30.9. The first kappa shape index (κ1) is 142. The Morgan fingerprint density at radius 3 is 0.752 bits per heavy atom. The van der Waals surface area contributed by atoms with Crippen LogP contribution in [-0.4, -0.2) is 604 Å². The van der Waals surface area contributed by atoms with Crippen LogP contribution in [0, 0.1) is 5.41 Å². The lowest BCUT2D eigenvalue weighted by molar-refractivity contribution is -0.0203. The van der Waals surface area contributed by atoms with Gasteiger partial charge in [0.15, 0.2) is 0 Å². The van der Waals surface area contributed by atoms with Crippen molar-refractivity contribution < 1.29 is 42.6 Å². The minimum atomic E-state index is -0.0139. The largest absolute Gasteiger partial charge is 0.385 e. The molecule has 29 nitrogen and oxygen atoms in total. The quantitative estimate of drug-likeness (QED) is 0.0533. The molecule has 0 amide bonds. The van der Waals surface area contributed by atoms with E-state index in [1.165, 1.54) is 281 Å². The maximum atomic E-state index is 5.75. The van der Waals surface area contributed by atoms with E-state index in [1.807, 2.05) is 14.2 Å². The van der Waals surface area contributed by atoms with Crippen molar-refractivity contribution in [3.63, 3.8) is 0 Å². The average molecular weight is 2070 g/mol. The molecule has 0 bridgehead atoms. The monoisotopic (exact) mass is 2070 g/mol. The number of piperazine rings is 10. The lowest BCUT2D eigenvalue weighted by Crippen LogP contribution is -2.52. The first-order valence-corrected chi connectivity index (χ1v) is 59.1. The minimum absolute atomic E-state index is 0.000243. The fourth-order valence-corrected chi connectivity index (χ4v) is 19.7. The van der Waals surface area contributed by atoms with Crippen molar-refractivity contribution >= 4 is 0 Å². The van der Waals surface area contributed by atoms with Gasteiger partial charge in [-0.2, -0.15) is 0 Å². The van der Waals surface area contributed by atoms with Crippen molar-refractivity contribution in [2.75, 3.05) is 410 Å². The predicted molar refractivity (Wildman–Crippen MR) is 622 cm³/mol. The number of hydrogen-bond donors (Lipinski definition) is 0. The van der Waals surface area contributed by atoms with Crippen LogP contribution in [0.15, 0.2) is 0 Å². The molecule has 10 aliphatic rings. The zero-order valence-corrected chi connectivity index (χ0v) is 104. The summed E-state index contributed by atoms with van der Waals surface area (Å²) in [6.07, 6.45) is 5.03. The standard InChI is InChI=1S/C14H30N2O.C13H28N2O.3C12H26N2O.3C11H24N2O.C10H22N2O.C10H22N2/c1-12(2)16-9-7-15(8-10-16)11-13(17-6)14(3,4)5;1-12(2)15-8-6-14(7-9-15)10-11-16-13(3,4)5;1-11(2)14-8-6-13(7-9-14)10-12(3,4)15-5;1-11(2)14-7-5-13(6-8-14)9-10-15-12(3)4;1-5-12(15-4)10-13-6-8-14(9-7-13)11(2)3;1-10(2)13-7-5-12(6-8-13)9-11(3)14-4;1-11(2)13-8-6-12(7-9-13)5-4-10-14-3;1-4-14-10-9-12-5-7-13(8-6-12)11(2)3;1-10(2)12-6-4-11(5-7-12)8-9-13-3;1-4-5-11-6-8-12(9-7-11)10(2)3/h12-13H,7-11H2,1-6H3;12H,6-11H2,1-5H3;11H,6-10H2,1-5H3;2*11-12H,5-10H2,1-4H3;10-11H,5-9H2,1-4H3;2*11H,4-10H2,1-3H3;10H,4-9H2,1-3H3;10H,4-9H2,1-3H3. The number of methoxy groups -OCH3 is 6. The first-order chi connectivity index (χ1) is 68.5. The van der Waals surface area contributed by atoms with Crippen molar-refractivity contribution in [1.82, 2.24) is 98.0 Å². The number of rotatable bonds is 43. The van der Waals surface area contributed by atoms with Crippen LogP contribution in [0.3, 0.4) is 0 Å². The predicted octanol–water partition coefficient (Wildman–Crippen LogP) is 13.4. The second-order valence-corrected chi connectivity index (χ2v) is 48.3. The SMILES string of the molecule is CC(C)N1CCN(CCOC(C)(C)C)CC1.CC(C)OCCN1CCN(C(C)C)CC1.CCC(CN1CCN(C(C)C)CC1)OC.CCCN1CCN(C(C)C)CC1.CCOCCN1CCN(C(C)C)CC1.COC(C)(C)CN1CCN(C(C)C)CC1.COC(C)CN1CCN(C(C)C)CC1.COC(CN1CCN(C(C)C)CC1)C(C)(C)C.COCCCN1CCN(C(C)C)CC1.COCCN1CCN(C(C)C)CC1. The Hall–Kier alpha value is -1.16. The van der Waals surface area contributed by atoms with Gasteiger partial charge in [0.2, 0.25) is 0 Å². The van der Waals surface area contributed by atoms with E-state index in [9.17, 15) is 0 Å². The van der Waals surface area contributed by atoms with E-state index < -0.39 is 0 Å². The molecule has 870 valence electrons. The van der Waals surface area contributed by atoms with Gasteiger partial charge in [-0.3, -0.25) is 88.2 Å². The molecule has 10 saturated heterocycles. The number of hydrogen-bond acceptors (Lipinski definition) is 29. The maximum absolute atomic E-state index is 5.75. The van der Waals surface area contributed by atoms with Gasteiger partial charge in [0.05, 0.1) is 62.0 Å². The maximum Gasteiger partial charge on any atom is 0.0749 e. The van der Waals surface area contributed by atoms with Crippen molar-refractivity contribution in [3.05, 3.63) is 0 Å². The highest BCUT2D eigenvalue weighted by molar-refractivity contribution is 4.87. The van der Waals surface area contributed by atoms with Gasteiger partial charge < -0.3 is 52.4 Å². The van der Waals surface area contributed by atoms with Gasteiger partial charge in [0.1, 0.15) is 0 Å². The molecule has 0 spiro atoms. The molecule has 3 atom stereocenters. The zero-order valence-electron chi connectivity index (χ0n) is 104. The smallest absolute Gasteiger partial charge is 0.0749 e. The van der Waals surface area contributed by atoms with E-state index in [0.717, 1.165) is 111 Å². The van der Waals surface area contributed by atoms with Crippen LogP contribution in [-0.2, 0) is 42.6 Å². The van der Waals surface area contributed by atoms with Gasteiger partial charge in [0.25, 0.3) is 0 Å². The highest BCUT2D eigenvalue weighted by atomic mass is 16.5. The molecule has 145 heavy (non-hydrogen) atoms. The van der Waals surface area contributed by atoms with Crippen molar-refractivity contribution in [1.29, 1.82) is 0 Å². The third kappa shape index (κ3) is 68.9. The molecule has 0 saturated carbocycles. The van der Waals surface area contributed by atoms with Crippen LogP contribution < -0.4 is 0 Å². The Labute approximate surface area is 901 Å². The Morgan fingerprint density at radius 2 is 0.510 bits per heavy atom. The van der Waals surface area contributed by atoms with E-state index >= 15 is 0 Å². The molecule has 0 N–H and O–H groups in total. The molecule has 10 aliphatic heterocycles. The van der Waals surface area contributed by atoms with Crippen molar-refractivity contribution in [2.45, 2.75) is 351 Å². The lowest BCUT2D eigenvalue weighted by Gasteiger charge is -2.40. The second-order valence-electron chi connectivity index (χ2n) is 48.3. The first-order valence-electron chi connectivity index (χ1n) is 59.1. The molecule has 0 aromatic heterocycles. The molecule has 0 aliphatic carbocycles. The average Bonchev–Trinajstić information content (AvgIpc) is 0.533. The van der Waals surface area contributed by atoms with E-state index in [0.29, 0.717) is 78.8 Å². The number of ether oxygens (including phenoxy) is 9. The third-order valence-electron chi connectivity index (χ3n) is 30.9. The summed E-state index contributed by atoms with van der Waals surface area (Å²) in [5.74, 6) is 0. The van der Waals surface area contributed by atoms with Gasteiger partial charge >= 0.3 is 0 Å². The van der Waals surface area contributed by atoms with Gasteiger partial charge in [-0.15, -0.1) is 0 Å². The van der Waals surface area contributed by atoms with Crippen LogP contribution in [0.4, 0.5) is 0 Å². The summed E-state index contributed by atoms with van der Waals surface area (Å²) in [5.41, 5.74) is 0.212. The minimum Gasteiger partial charge on any atom is -0.385 e. The molecule has 10 rings (SSSR count). The summed E-state index contributed by atoms with van der Waals surface area (Å²) in [5, 5.41) is 0. The molecular weight excluding hydrogens is 1820 g/mol. The molecule has 10 heterocycles. The van der Waals surface area contributed by atoms with Crippen LogP contribution in [0.2, 0.25) is 0 Å². The Bertz CT molecular complexity index is 2810. The van der Waals surface area contributed by atoms with Crippen LogP contribution in [0.25, 0.3) is 0 Å². The Kier molecular flexibility index (Phi) is 80.5. The summed E-state index contributed by atoms with van der Waals surface area (Å²) in [6.45, 7) is 140. The van der Waals surface area contributed by atoms with Gasteiger partial charge in [0, 0.05) is 437 Å². The summed E-state index contributed by atoms with van der Waals surface area (Å²) in [6, 6.07) is 6.96. The van der Waals surface area contributed by atoms with Gasteiger partial charge in [-0.25, -0.2) is 0 Å². The Balaban J connectivity index is 0.000000806. The summed E-state index contributed by atoms with van der Waals surface area (Å²) < 4.78 is 48.6. The van der Waals surface area contributed by atoms with Crippen molar-refractivity contribution in [3.8, 4) is 0 Å². The summed E-state index contributed by atoms with van der Waals surface area (Å²) in [7, 11) is 10.8. The molecular formula is C116H252N20O9. The van der Waals surface area contributed by atoms with E-state index in [4.69, 9.17) is 42.6 Å². The number of nitrogens with zero attached hydrogens (tertiary/aromatic N) is 20. The van der Waals surface area contributed by atoms with Gasteiger partial charge in [-0.1, -0.05) is 34.6 Å². The zero-order chi connectivity index (χ0) is 109. The highest BCUT2D eigenvalue weighted by Crippen LogP contribution is 2.24. The summed E-state index contributed by atoms with van der Waals surface area (Å²) in [4.78, 5) is 50.6. The topological polar surface area (TPSA) is 148 Å². The molecule has 10 fully saturated rings. The highest BCUT2D eigenvalue weighted by Gasteiger charge is 2.32. The van der Waals surface area contributed by atoms with Crippen molar-refractivity contribution in [2.24, 2.45) is 5.41 Å². The molecule has 29 heteroatoms. The fraction of sp³-hybridized carbons (Fsp3) is 1.00. The molecule has 0 aromatic rings. The Morgan fingerprint density at radius 1 is 0.248 bits per heavy atom. The van der Waals surface area contributed by atoms with Gasteiger partial charge in [-0.05, 0) is 232 Å². The fourth-order valence-electron chi connectivity index (χ4n) is 19.7. The van der Waals surface area contributed by atoms with Crippen LogP contribution in [0.5, 0.6) is 0 Å². The van der Waals surface area contributed by atoms with Crippen LogP contribution >= 0.6 is 0 Å². The lowest BCUT2D eigenvalue weighted by atomic mass is 9.88. The molecule has 0 radical (unpaired) electrons. The van der Waals surface area contributed by atoms with E-state index in [1.54, 1.807) is 28.4 Å². The summed E-state index contributed by atoms with van der Waals surface area (Å²) >= 11 is 0.